The Morgan fingerprint density at radius 1 is 1.11 bits per heavy atom. The van der Waals surface area contributed by atoms with Gasteiger partial charge >= 0.3 is 0 Å². The lowest BCUT2D eigenvalue weighted by molar-refractivity contribution is 0.269. The van der Waals surface area contributed by atoms with Crippen molar-refractivity contribution in [3.8, 4) is 5.69 Å². The number of aryl methyl sites for hydroxylation is 1. The first-order valence-electron chi connectivity index (χ1n) is 9.26. The van der Waals surface area contributed by atoms with E-state index in [2.05, 4.69) is 39.5 Å². The van der Waals surface area contributed by atoms with E-state index in [0.717, 1.165) is 30.9 Å². The Morgan fingerprint density at radius 2 is 1.93 bits per heavy atom. The summed E-state index contributed by atoms with van der Waals surface area (Å²) in [6, 6.07) is 17.9. The molecule has 0 unspecified atom stereocenters. The average molecular weight is 413 g/mol. The molecule has 144 valence electrons. The Morgan fingerprint density at radius 3 is 2.71 bits per heavy atom. The third-order valence-corrected chi connectivity index (χ3v) is 5.43. The molecule has 0 saturated carbocycles. The summed E-state index contributed by atoms with van der Waals surface area (Å²) < 4.78 is 2.20. The van der Waals surface area contributed by atoms with Crippen molar-refractivity contribution in [2.24, 2.45) is 0 Å². The van der Waals surface area contributed by atoms with E-state index in [4.69, 9.17) is 23.8 Å². The van der Waals surface area contributed by atoms with E-state index in [-0.39, 0.29) is 5.56 Å². The van der Waals surface area contributed by atoms with E-state index in [9.17, 15) is 4.79 Å². The summed E-state index contributed by atoms with van der Waals surface area (Å²) in [4.78, 5) is 17.6. The summed E-state index contributed by atoms with van der Waals surface area (Å²) in [6.45, 7) is 2.16. The highest BCUT2D eigenvalue weighted by molar-refractivity contribution is 7.71. The monoisotopic (exact) mass is 412 g/mol. The molecule has 0 spiro atoms. The van der Waals surface area contributed by atoms with Gasteiger partial charge in [-0.2, -0.15) is 0 Å². The van der Waals surface area contributed by atoms with E-state index in [0.29, 0.717) is 28.6 Å². The molecule has 0 fully saturated rings. The second kappa shape index (κ2) is 8.31. The van der Waals surface area contributed by atoms with Crippen LogP contribution in [0.2, 0.25) is 5.02 Å². The van der Waals surface area contributed by atoms with Gasteiger partial charge in [-0.3, -0.25) is 19.2 Å². The second-order valence-electron chi connectivity index (χ2n) is 6.88. The predicted molar refractivity (Wildman–Crippen MR) is 116 cm³/mol. The van der Waals surface area contributed by atoms with Gasteiger partial charge in [0.05, 0.1) is 17.9 Å². The molecule has 0 saturated heterocycles. The number of halogens is 1. The van der Waals surface area contributed by atoms with E-state index in [1.54, 1.807) is 0 Å². The fraction of sp³-hybridized carbons (Fsp3) is 0.238. The molecule has 0 aliphatic carbocycles. The Bertz CT molecular complexity index is 1090. The maximum absolute atomic E-state index is 12.5. The highest BCUT2D eigenvalue weighted by Gasteiger charge is 2.22. The Kier molecular flexibility index (Phi) is 5.62. The van der Waals surface area contributed by atoms with Crippen molar-refractivity contribution in [3.05, 3.63) is 85.9 Å². The average Bonchev–Trinajstić information content (AvgIpc) is 2.69. The third-order valence-electron chi connectivity index (χ3n) is 4.91. The number of fused-ring (bicyclic) bond motifs is 1. The molecule has 1 aliphatic rings. The molecule has 0 amide bonds. The minimum Gasteiger partial charge on any atom is -0.358 e. The standard InChI is InChI=1S/C21H21ClN4OS/c22-16-9-4-10-17(12-16)26-19-18(20(27)24-21(26)28)13-25(14-23-19)11-5-8-15-6-2-1-3-7-15/h1-4,6-7,9-10,12,23H,5,8,11,13-14H2,(H,24,27,28). The van der Waals surface area contributed by atoms with Gasteiger partial charge in [-0.25, -0.2) is 0 Å². The van der Waals surface area contributed by atoms with Crippen molar-refractivity contribution in [3.63, 3.8) is 0 Å². The molecular weight excluding hydrogens is 392 g/mol. The van der Waals surface area contributed by atoms with E-state index >= 15 is 0 Å². The van der Waals surface area contributed by atoms with Gasteiger partial charge in [-0.15, -0.1) is 0 Å². The fourth-order valence-electron chi connectivity index (χ4n) is 3.54. The zero-order valence-corrected chi connectivity index (χ0v) is 16.9. The zero-order chi connectivity index (χ0) is 19.5. The first-order chi connectivity index (χ1) is 13.6. The maximum atomic E-state index is 12.5. The molecule has 0 radical (unpaired) electrons. The highest BCUT2D eigenvalue weighted by Crippen LogP contribution is 2.24. The summed E-state index contributed by atoms with van der Waals surface area (Å²) in [5.74, 6) is 0.746. The van der Waals surface area contributed by atoms with Gasteiger partial charge < -0.3 is 5.32 Å². The molecule has 4 rings (SSSR count). The first-order valence-corrected chi connectivity index (χ1v) is 10.0. The maximum Gasteiger partial charge on any atom is 0.258 e. The van der Waals surface area contributed by atoms with Gasteiger partial charge in [0.15, 0.2) is 4.77 Å². The molecule has 28 heavy (non-hydrogen) atoms. The molecule has 0 atom stereocenters. The van der Waals surface area contributed by atoms with Crippen molar-refractivity contribution in [2.75, 3.05) is 18.5 Å². The lowest BCUT2D eigenvalue weighted by atomic mass is 10.1. The molecule has 1 aromatic heterocycles. The number of rotatable bonds is 5. The van der Waals surface area contributed by atoms with E-state index in [1.807, 2.05) is 34.9 Å². The summed E-state index contributed by atoms with van der Waals surface area (Å²) >= 11 is 11.6. The number of anilines is 1. The van der Waals surface area contributed by atoms with Gasteiger partial charge in [0, 0.05) is 18.1 Å². The summed E-state index contributed by atoms with van der Waals surface area (Å²) in [5.41, 5.74) is 2.72. The van der Waals surface area contributed by atoms with Crippen molar-refractivity contribution in [1.29, 1.82) is 0 Å². The summed E-state index contributed by atoms with van der Waals surface area (Å²) in [6.07, 6.45) is 2.06. The van der Waals surface area contributed by atoms with Crippen molar-refractivity contribution >= 4 is 29.6 Å². The smallest absolute Gasteiger partial charge is 0.258 e. The minimum absolute atomic E-state index is 0.140. The van der Waals surface area contributed by atoms with Crippen LogP contribution in [0.5, 0.6) is 0 Å². The molecule has 2 heterocycles. The van der Waals surface area contributed by atoms with Crippen LogP contribution in [0.25, 0.3) is 5.69 Å². The van der Waals surface area contributed by atoms with Crippen LogP contribution in [-0.2, 0) is 13.0 Å². The lowest BCUT2D eigenvalue weighted by Gasteiger charge is -2.31. The molecule has 3 aromatic rings. The molecular formula is C21H21ClN4OS. The van der Waals surface area contributed by atoms with Gasteiger partial charge in [-0.05, 0) is 48.8 Å². The van der Waals surface area contributed by atoms with Gasteiger partial charge in [-0.1, -0.05) is 48.0 Å². The van der Waals surface area contributed by atoms with Crippen LogP contribution in [0, 0.1) is 4.77 Å². The molecule has 7 heteroatoms. The molecule has 1 aliphatic heterocycles. The SMILES string of the molecule is O=c1[nH]c(=S)n(-c2cccc(Cl)c2)c2c1CN(CCCc1ccccc1)CN2. The fourth-order valence-corrected chi connectivity index (χ4v) is 4.02. The highest BCUT2D eigenvalue weighted by atomic mass is 35.5. The van der Waals surface area contributed by atoms with E-state index < -0.39 is 0 Å². The third kappa shape index (κ3) is 4.04. The minimum atomic E-state index is -0.140. The number of nitrogens with zero attached hydrogens (tertiary/aromatic N) is 2. The number of benzene rings is 2. The van der Waals surface area contributed by atoms with Crippen molar-refractivity contribution in [2.45, 2.75) is 19.4 Å². The second-order valence-corrected chi connectivity index (χ2v) is 7.70. The van der Waals surface area contributed by atoms with E-state index in [1.165, 1.54) is 5.56 Å². The van der Waals surface area contributed by atoms with Crippen molar-refractivity contribution in [1.82, 2.24) is 14.5 Å². The van der Waals surface area contributed by atoms with Crippen LogP contribution in [0.3, 0.4) is 0 Å². The summed E-state index contributed by atoms with van der Waals surface area (Å²) in [5, 5.41) is 4.01. The van der Waals surface area contributed by atoms with Crippen LogP contribution in [0.15, 0.2) is 59.4 Å². The van der Waals surface area contributed by atoms with Gasteiger partial charge in [0.1, 0.15) is 5.82 Å². The number of aromatic amines is 1. The predicted octanol–water partition coefficient (Wildman–Crippen LogP) is 4.37. The number of H-pyrrole nitrogens is 1. The van der Waals surface area contributed by atoms with Crippen molar-refractivity contribution < 1.29 is 0 Å². The Hall–Kier alpha value is -2.41. The van der Waals surface area contributed by atoms with Gasteiger partial charge in [0.2, 0.25) is 0 Å². The molecule has 2 aromatic carbocycles. The zero-order valence-electron chi connectivity index (χ0n) is 15.3. The van der Waals surface area contributed by atoms with Crippen LogP contribution in [-0.4, -0.2) is 27.7 Å². The first kappa shape index (κ1) is 18.9. The number of nitrogens with one attached hydrogen (secondary N) is 2. The molecule has 2 N–H and O–H groups in total. The number of aromatic nitrogens is 2. The largest absolute Gasteiger partial charge is 0.358 e. The van der Waals surface area contributed by atoms with Crippen LogP contribution < -0.4 is 10.9 Å². The van der Waals surface area contributed by atoms with Gasteiger partial charge in [0.25, 0.3) is 5.56 Å². The van der Waals surface area contributed by atoms with Crippen LogP contribution in [0.1, 0.15) is 17.5 Å². The quantitative estimate of drug-likeness (QED) is 0.611. The Balaban J connectivity index is 1.55. The normalized spacial score (nSPS) is 13.8. The lowest BCUT2D eigenvalue weighted by Crippen LogP contribution is -2.39. The Labute approximate surface area is 173 Å². The summed E-state index contributed by atoms with van der Waals surface area (Å²) in [7, 11) is 0. The molecule has 5 nitrogen and oxygen atoms in total. The van der Waals surface area contributed by atoms with Crippen LogP contribution >= 0.6 is 23.8 Å². The molecule has 0 bridgehead atoms. The van der Waals surface area contributed by atoms with Crippen LogP contribution in [0.4, 0.5) is 5.82 Å². The number of hydrogen-bond donors (Lipinski definition) is 2. The topological polar surface area (TPSA) is 53.1 Å². The number of hydrogen-bond acceptors (Lipinski definition) is 4.